The van der Waals surface area contributed by atoms with Gasteiger partial charge in [0.2, 0.25) is 0 Å². The van der Waals surface area contributed by atoms with Crippen molar-refractivity contribution in [3.8, 4) is 0 Å². The third kappa shape index (κ3) is 1.51. The second-order valence-corrected chi connectivity index (χ2v) is 4.92. The van der Waals surface area contributed by atoms with Crippen molar-refractivity contribution in [2.75, 3.05) is 0 Å². The molecule has 3 rings (SSSR count). The average molecular weight is 269 g/mol. The summed E-state index contributed by atoms with van der Waals surface area (Å²) >= 11 is 0. The van der Waals surface area contributed by atoms with E-state index in [0.717, 1.165) is 22.9 Å². The number of nitrogens with zero attached hydrogens (tertiary/aromatic N) is 1. The molecule has 1 N–H and O–H groups in total. The van der Waals surface area contributed by atoms with Gasteiger partial charge in [0.1, 0.15) is 0 Å². The van der Waals surface area contributed by atoms with Gasteiger partial charge in [0.25, 0.3) is 11.8 Å². The van der Waals surface area contributed by atoms with Crippen molar-refractivity contribution >= 4 is 22.6 Å². The van der Waals surface area contributed by atoms with Gasteiger partial charge in [0, 0.05) is 5.39 Å². The number of hydrogen-bond acceptors (Lipinski definition) is 3. The van der Waals surface area contributed by atoms with Crippen LogP contribution in [0.5, 0.6) is 0 Å². The maximum absolute atomic E-state index is 12.3. The van der Waals surface area contributed by atoms with Crippen LogP contribution in [-0.2, 0) is 12.8 Å². The smallest absolute Gasteiger partial charge is 0.278 e. The van der Waals surface area contributed by atoms with Crippen molar-refractivity contribution in [3.63, 3.8) is 0 Å². The monoisotopic (exact) mass is 269 g/mol. The Morgan fingerprint density at radius 2 is 1.85 bits per heavy atom. The van der Waals surface area contributed by atoms with Gasteiger partial charge in [-0.3, -0.25) is 14.8 Å². The van der Waals surface area contributed by atoms with Gasteiger partial charge in [0.15, 0.2) is 0 Å². The first-order valence-corrected chi connectivity index (χ1v) is 6.75. The van der Waals surface area contributed by atoms with E-state index >= 15 is 0 Å². The molecule has 0 radical (unpaired) electrons. The minimum absolute atomic E-state index is 0.232. The summed E-state index contributed by atoms with van der Waals surface area (Å²) in [4.78, 5) is 24.3. The summed E-state index contributed by atoms with van der Waals surface area (Å²) in [6.45, 7) is 4.01. The molecule has 0 saturated carbocycles. The highest BCUT2D eigenvalue weighted by Gasteiger charge is 2.34. The van der Waals surface area contributed by atoms with Crippen molar-refractivity contribution in [1.29, 1.82) is 0 Å². The Morgan fingerprint density at radius 1 is 1.10 bits per heavy atom. The number of amides is 2. The molecule has 0 unspecified atom stereocenters. The topological polar surface area (TPSA) is 57.6 Å². The minimum atomic E-state index is -0.653. The molecule has 1 aliphatic heterocycles. The summed E-state index contributed by atoms with van der Waals surface area (Å²) in [6.07, 6.45) is 1.50. The molecule has 20 heavy (non-hydrogen) atoms. The number of imide groups is 1. The molecule has 0 bridgehead atoms. The molecule has 1 heterocycles. The fourth-order valence-corrected chi connectivity index (χ4v) is 3.00. The minimum Gasteiger partial charge on any atom is -0.278 e. The van der Waals surface area contributed by atoms with Crippen molar-refractivity contribution < 1.29 is 14.8 Å². The molecule has 2 aromatic rings. The van der Waals surface area contributed by atoms with E-state index in [2.05, 4.69) is 0 Å². The summed E-state index contributed by atoms with van der Waals surface area (Å²) in [5.74, 6) is -1.27. The zero-order chi connectivity index (χ0) is 14.4. The fraction of sp³-hybridized carbons (Fsp3) is 0.250. The number of carbonyl (C=O) groups excluding carboxylic acids is 2. The van der Waals surface area contributed by atoms with E-state index in [4.69, 9.17) is 0 Å². The lowest BCUT2D eigenvalue weighted by atomic mass is 9.86. The van der Waals surface area contributed by atoms with Crippen LogP contribution in [0.2, 0.25) is 0 Å². The van der Waals surface area contributed by atoms with Gasteiger partial charge >= 0.3 is 0 Å². The molecular formula is C16H15NO3. The molecule has 0 aliphatic carbocycles. The predicted molar refractivity (Wildman–Crippen MR) is 75.0 cm³/mol. The number of benzene rings is 2. The third-order valence-corrected chi connectivity index (χ3v) is 3.93. The molecule has 0 spiro atoms. The quantitative estimate of drug-likeness (QED) is 0.673. The summed E-state index contributed by atoms with van der Waals surface area (Å²) in [5.41, 5.74) is 2.86. The summed E-state index contributed by atoms with van der Waals surface area (Å²) in [7, 11) is 0. The molecule has 4 nitrogen and oxygen atoms in total. The highest BCUT2D eigenvalue weighted by atomic mass is 16.5. The van der Waals surface area contributed by atoms with Crippen molar-refractivity contribution in [2.24, 2.45) is 0 Å². The molecule has 1 aliphatic rings. The fourth-order valence-electron chi connectivity index (χ4n) is 3.00. The van der Waals surface area contributed by atoms with Gasteiger partial charge in [-0.2, -0.15) is 0 Å². The first-order valence-electron chi connectivity index (χ1n) is 6.75. The van der Waals surface area contributed by atoms with Gasteiger partial charge in [-0.15, -0.1) is 5.06 Å². The Labute approximate surface area is 116 Å². The number of hydrogen-bond donors (Lipinski definition) is 1. The van der Waals surface area contributed by atoms with E-state index in [9.17, 15) is 14.8 Å². The molecule has 2 aromatic carbocycles. The first-order chi connectivity index (χ1) is 9.60. The van der Waals surface area contributed by atoms with Gasteiger partial charge in [-0.25, -0.2) is 0 Å². The molecule has 0 atom stereocenters. The van der Waals surface area contributed by atoms with Crippen molar-refractivity contribution in [2.45, 2.75) is 26.7 Å². The molecular weight excluding hydrogens is 254 g/mol. The van der Waals surface area contributed by atoms with Gasteiger partial charge in [-0.05, 0) is 35.4 Å². The normalized spacial score (nSPS) is 14.2. The zero-order valence-corrected chi connectivity index (χ0v) is 11.4. The standard InChI is InChI=1S/C16H15NO3/c1-3-9-8-10-6-5-7-12-13(10)14(11(9)4-2)16(19)17(20)15(12)18/h5-8,20H,3-4H2,1-2H3. The number of carbonyl (C=O) groups is 2. The maximum atomic E-state index is 12.3. The van der Waals surface area contributed by atoms with E-state index in [1.807, 2.05) is 26.0 Å². The van der Waals surface area contributed by atoms with Crippen molar-refractivity contribution in [1.82, 2.24) is 5.06 Å². The molecule has 0 saturated heterocycles. The lowest BCUT2D eigenvalue weighted by molar-refractivity contribution is -0.0378. The largest absolute Gasteiger partial charge is 0.285 e. The van der Waals surface area contributed by atoms with Crippen LogP contribution in [0.15, 0.2) is 24.3 Å². The van der Waals surface area contributed by atoms with E-state index in [1.165, 1.54) is 0 Å². The number of rotatable bonds is 2. The lowest BCUT2D eigenvalue weighted by Gasteiger charge is -2.25. The Kier molecular flexibility index (Phi) is 2.83. The van der Waals surface area contributed by atoms with Gasteiger partial charge in [-0.1, -0.05) is 32.0 Å². The van der Waals surface area contributed by atoms with E-state index in [-0.39, 0.29) is 5.06 Å². The van der Waals surface area contributed by atoms with Crippen LogP contribution in [0.25, 0.3) is 10.8 Å². The van der Waals surface area contributed by atoms with E-state index in [1.54, 1.807) is 12.1 Å². The lowest BCUT2D eigenvalue weighted by Crippen LogP contribution is -2.38. The summed E-state index contributed by atoms with van der Waals surface area (Å²) in [5, 5.41) is 11.5. The van der Waals surface area contributed by atoms with Gasteiger partial charge in [0.05, 0.1) is 11.1 Å². The van der Waals surface area contributed by atoms with Crippen molar-refractivity contribution in [3.05, 3.63) is 46.5 Å². The highest BCUT2D eigenvalue weighted by Crippen LogP contribution is 2.34. The highest BCUT2D eigenvalue weighted by molar-refractivity contribution is 6.25. The predicted octanol–water partition coefficient (Wildman–Crippen LogP) is 2.95. The average Bonchev–Trinajstić information content (AvgIpc) is 2.48. The van der Waals surface area contributed by atoms with Crippen LogP contribution in [-0.4, -0.2) is 22.1 Å². The van der Waals surface area contributed by atoms with Gasteiger partial charge < -0.3 is 0 Å². The first kappa shape index (κ1) is 12.8. The SMILES string of the molecule is CCc1cc2cccc3c2c(c1CC)C(=O)N(O)C3=O. The summed E-state index contributed by atoms with van der Waals surface area (Å²) in [6, 6.07) is 7.35. The second kappa shape index (κ2) is 4.42. The van der Waals surface area contributed by atoms with Crippen LogP contribution >= 0.6 is 0 Å². The van der Waals surface area contributed by atoms with Crippen LogP contribution in [0.1, 0.15) is 45.7 Å². The Balaban J connectivity index is 2.53. The number of aryl methyl sites for hydroxylation is 1. The molecule has 2 amide bonds. The molecule has 0 fully saturated rings. The van der Waals surface area contributed by atoms with E-state index < -0.39 is 11.8 Å². The Morgan fingerprint density at radius 3 is 2.50 bits per heavy atom. The molecule has 0 aromatic heterocycles. The maximum Gasteiger partial charge on any atom is 0.285 e. The van der Waals surface area contributed by atoms with E-state index in [0.29, 0.717) is 22.9 Å². The number of hydroxylamine groups is 2. The zero-order valence-electron chi connectivity index (χ0n) is 11.4. The van der Waals surface area contributed by atoms with Crippen LogP contribution in [0, 0.1) is 0 Å². The van der Waals surface area contributed by atoms with Crippen LogP contribution < -0.4 is 0 Å². The second-order valence-electron chi connectivity index (χ2n) is 4.92. The molecule has 4 heteroatoms. The third-order valence-electron chi connectivity index (χ3n) is 3.93. The Hall–Kier alpha value is -2.20. The Bertz CT molecular complexity index is 749. The molecule has 102 valence electrons. The summed E-state index contributed by atoms with van der Waals surface area (Å²) < 4.78 is 0. The van der Waals surface area contributed by atoms with Crippen LogP contribution in [0.4, 0.5) is 0 Å². The van der Waals surface area contributed by atoms with Crippen LogP contribution in [0.3, 0.4) is 0 Å².